The highest BCUT2D eigenvalue weighted by Gasteiger charge is 2.40. The third kappa shape index (κ3) is 5.03. The summed E-state index contributed by atoms with van der Waals surface area (Å²) in [5.74, 6) is -0.0205. The monoisotopic (exact) mass is 463 g/mol. The molecule has 0 aromatic carbocycles. The normalized spacial score (nSPS) is 18.3. The molecule has 0 aliphatic heterocycles. The Balaban J connectivity index is 1.69. The fourth-order valence-electron chi connectivity index (χ4n) is 5.09. The molecular formula is C24H32F3N5O. The highest BCUT2D eigenvalue weighted by atomic mass is 19.4. The molecule has 2 saturated carbocycles. The van der Waals surface area contributed by atoms with E-state index in [-0.39, 0.29) is 28.4 Å². The van der Waals surface area contributed by atoms with Gasteiger partial charge in [0, 0.05) is 43.8 Å². The predicted octanol–water partition coefficient (Wildman–Crippen LogP) is 5.24. The quantitative estimate of drug-likeness (QED) is 0.584. The van der Waals surface area contributed by atoms with Gasteiger partial charge in [-0.25, -0.2) is 4.98 Å². The molecule has 2 aliphatic carbocycles. The van der Waals surface area contributed by atoms with Gasteiger partial charge in [-0.3, -0.25) is 4.98 Å². The molecule has 2 aliphatic rings. The van der Waals surface area contributed by atoms with Gasteiger partial charge < -0.3 is 21.1 Å². The molecule has 0 bridgehead atoms. The van der Waals surface area contributed by atoms with Crippen molar-refractivity contribution in [2.45, 2.75) is 57.0 Å². The van der Waals surface area contributed by atoms with Crippen LogP contribution < -0.4 is 16.4 Å². The van der Waals surface area contributed by atoms with Gasteiger partial charge >= 0.3 is 6.18 Å². The van der Waals surface area contributed by atoms with Crippen LogP contribution in [0.2, 0.25) is 0 Å². The molecule has 0 unspecified atom stereocenters. The van der Waals surface area contributed by atoms with Crippen LogP contribution in [0.3, 0.4) is 0 Å². The second-order valence-electron chi connectivity index (χ2n) is 9.60. The maximum absolute atomic E-state index is 13.7. The van der Waals surface area contributed by atoms with E-state index in [9.17, 15) is 13.2 Å². The molecule has 33 heavy (non-hydrogen) atoms. The Hall–Kier alpha value is -2.55. The number of nitrogens with zero attached hydrogens (tertiary/aromatic N) is 3. The van der Waals surface area contributed by atoms with Gasteiger partial charge in [0.05, 0.1) is 34.9 Å². The van der Waals surface area contributed by atoms with Crippen molar-refractivity contribution in [3.63, 3.8) is 0 Å². The van der Waals surface area contributed by atoms with Crippen LogP contribution in [0.1, 0.15) is 62.1 Å². The van der Waals surface area contributed by atoms with E-state index in [0.717, 1.165) is 44.6 Å². The van der Waals surface area contributed by atoms with Gasteiger partial charge in [0.15, 0.2) is 0 Å². The van der Waals surface area contributed by atoms with Crippen LogP contribution in [0.4, 0.5) is 30.4 Å². The maximum Gasteiger partial charge on any atom is 0.418 e. The van der Waals surface area contributed by atoms with Crippen molar-refractivity contribution < 1.29 is 17.9 Å². The summed E-state index contributed by atoms with van der Waals surface area (Å²) in [6.07, 6.45) is 4.08. The van der Waals surface area contributed by atoms with E-state index in [1.54, 1.807) is 13.2 Å². The summed E-state index contributed by atoms with van der Waals surface area (Å²) in [5.41, 5.74) is 13.4. The van der Waals surface area contributed by atoms with E-state index >= 15 is 0 Å². The number of halogens is 3. The minimum atomic E-state index is -4.48. The van der Waals surface area contributed by atoms with Gasteiger partial charge in [0.25, 0.3) is 0 Å². The first-order chi connectivity index (χ1) is 15.6. The molecule has 9 heteroatoms. The average molecular weight is 464 g/mol. The Bertz CT molecular complexity index is 995. The lowest BCUT2D eigenvalue weighted by atomic mass is 9.74. The number of nitrogens with two attached hydrogens (primary N) is 2. The number of aromatic nitrogens is 2. The summed E-state index contributed by atoms with van der Waals surface area (Å²) in [5, 5.41) is 0. The standard InChI is InChI=1S/C24H32F3N5O/c1-32(13-23(14-33-2)8-4-3-5-9-23)19-11-18(31-22(29)20(19)28)16-10-17(24(25,26)27)21(30-12-16)15-6-7-15/h10-12,15H,3-9,13-14,28H2,1-2H3,(H2,29,31). The molecule has 0 atom stereocenters. The van der Waals surface area contributed by atoms with E-state index in [1.165, 1.54) is 12.6 Å². The lowest BCUT2D eigenvalue weighted by Crippen LogP contribution is -2.41. The number of nitrogen functional groups attached to an aromatic ring is 2. The van der Waals surface area contributed by atoms with Gasteiger partial charge in [-0.15, -0.1) is 0 Å². The number of pyridine rings is 2. The zero-order valence-electron chi connectivity index (χ0n) is 19.2. The number of methoxy groups -OCH3 is 1. The minimum absolute atomic E-state index is 0.00328. The molecule has 2 heterocycles. The van der Waals surface area contributed by atoms with Crippen molar-refractivity contribution >= 4 is 17.2 Å². The van der Waals surface area contributed by atoms with Crippen LogP contribution in [-0.2, 0) is 10.9 Å². The Labute approximate surface area is 192 Å². The maximum atomic E-state index is 13.7. The second-order valence-corrected chi connectivity index (χ2v) is 9.60. The number of ether oxygens (including phenoxy) is 1. The molecule has 0 radical (unpaired) electrons. The lowest BCUT2D eigenvalue weighted by molar-refractivity contribution is -0.138. The van der Waals surface area contributed by atoms with Gasteiger partial charge in [0.2, 0.25) is 0 Å². The van der Waals surface area contributed by atoms with Crippen LogP contribution in [0, 0.1) is 5.41 Å². The van der Waals surface area contributed by atoms with E-state index in [1.807, 2.05) is 11.9 Å². The Morgan fingerprint density at radius 3 is 2.45 bits per heavy atom. The van der Waals surface area contributed by atoms with Crippen LogP contribution in [0.25, 0.3) is 11.3 Å². The van der Waals surface area contributed by atoms with Crippen LogP contribution in [0.15, 0.2) is 18.3 Å². The van der Waals surface area contributed by atoms with Gasteiger partial charge in [0.1, 0.15) is 5.82 Å². The molecule has 2 aromatic heterocycles. The lowest BCUT2D eigenvalue weighted by Gasteiger charge is -2.40. The third-order valence-corrected chi connectivity index (χ3v) is 6.90. The SMILES string of the molecule is COCC1(CN(C)c2cc(-c3cnc(C4CC4)c(C(F)(F)F)c3)nc(N)c2N)CCCCC1. The van der Waals surface area contributed by atoms with Crippen molar-refractivity contribution in [2.75, 3.05) is 43.7 Å². The first kappa shape index (κ1) is 23.6. The number of hydrogen-bond acceptors (Lipinski definition) is 6. The largest absolute Gasteiger partial charge is 0.418 e. The molecule has 4 rings (SSSR count). The summed E-state index contributed by atoms with van der Waals surface area (Å²) in [4.78, 5) is 10.5. The highest BCUT2D eigenvalue weighted by molar-refractivity contribution is 5.82. The molecule has 0 spiro atoms. The summed E-state index contributed by atoms with van der Waals surface area (Å²) in [7, 11) is 3.64. The summed E-state index contributed by atoms with van der Waals surface area (Å²) in [6, 6.07) is 2.85. The molecule has 4 N–H and O–H groups in total. The predicted molar refractivity (Wildman–Crippen MR) is 124 cm³/mol. The third-order valence-electron chi connectivity index (χ3n) is 6.90. The summed E-state index contributed by atoms with van der Waals surface area (Å²) >= 11 is 0. The van der Waals surface area contributed by atoms with Crippen molar-refractivity contribution in [2.24, 2.45) is 5.41 Å². The Morgan fingerprint density at radius 1 is 1.15 bits per heavy atom. The topological polar surface area (TPSA) is 90.3 Å². The van der Waals surface area contributed by atoms with E-state index < -0.39 is 11.7 Å². The Kier molecular flexibility index (Phi) is 6.44. The number of rotatable bonds is 7. The van der Waals surface area contributed by atoms with Crippen molar-refractivity contribution in [1.82, 2.24) is 9.97 Å². The van der Waals surface area contributed by atoms with Crippen LogP contribution in [0.5, 0.6) is 0 Å². The molecule has 0 saturated heterocycles. The van der Waals surface area contributed by atoms with Crippen molar-refractivity contribution in [1.29, 1.82) is 0 Å². The second kappa shape index (κ2) is 9.00. The van der Waals surface area contributed by atoms with Gasteiger partial charge in [-0.1, -0.05) is 19.3 Å². The fourth-order valence-corrected chi connectivity index (χ4v) is 5.09. The zero-order chi connectivity index (χ0) is 23.8. The molecule has 180 valence electrons. The van der Waals surface area contributed by atoms with Crippen molar-refractivity contribution in [3.05, 3.63) is 29.6 Å². The summed E-state index contributed by atoms with van der Waals surface area (Å²) in [6.45, 7) is 1.35. The van der Waals surface area contributed by atoms with E-state index in [4.69, 9.17) is 16.2 Å². The molecule has 6 nitrogen and oxygen atoms in total. The van der Waals surface area contributed by atoms with Crippen LogP contribution >= 0.6 is 0 Å². The highest BCUT2D eigenvalue weighted by Crippen LogP contribution is 2.46. The Morgan fingerprint density at radius 2 is 1.85 bits per heavy atom. The minimum Gasteiger partial charge on any atom is -0.394 e. The zero-order valence-corrected chi connectivity index (χ0v) is 19.2. The molecule has 0 amide bonds. The average Bonchev–Trinajstić information content (AvgIpc) is 3.60. The van der Waals surface area contributed by atoms with Gasteiger partial charge in [-0.2, -0.15) is 13.2 Å². The first-order valence-electron chi connectivity index (χ1n) is 11.5. The molecular weight excluding hydrogens is 431 g/mol. The number of anilines is 3. The van der Waals surface area contributed by atoms with E-state index in [0.29, 0.717) is 30.2 Å². The smallest absolute Gasteiger partial charge is 0.394 e. The number of hydrogen-bond donors (Lipinski definition) is 2. The summed E-state index contributed by atoms with van der Waals surface area (Å²) < 4.78 is 46.7. The van der Waals surface area contributed by atoms with E-state index in [2.05, 4.69) is 9.97 Å². The fraction of sp³-hybridized carbons (Fsp3) is 0.583. The van der Waals surface area contributed by atoms with Crippen molar-refractivity contribution in [3.8, 4) is 11.3 Å². The molecule has 2 aromatic rings. The first-order valence-corrected chi connectivity index (χ1v) is 11.5. The van der Waals surface area contributed by atoms with Crippen LogP contribution in [-0.4, -0.2) is 37.3 Å². The molecule has 2 fully saturated rings. The van der Waals surface area contributed by atoms with Gasteiger partial charge in [-0.05, 0) is 37.8 Å². The number of alkyl halides is 3.